The van der Waals surface area contributed by atoms with E-state index >= 15 is 0 Å². The minimum absolute atomic E-state index is 0.125. The van der Waals surface area contributed by atoms with E-state index in [0.717, 1.165) is 58.2 Å². The molecule has 6 nitrogen and oxygen atoms in total. The lowest BCUT2D eigenvalue weighted by Gasteiger charge is -2.24. The highest BCUT2D eigenvalue weighted by Crippen LogP contribution is 2.34. The monoisotopic (exact) mass is 428 g/mol. The molecular weight excluding hydrogens is 400 g/mol. The van der Waals surface area contributed by atoms with Gasteiger partial charge in [-0.05, 0) is 56.7 Å². The summed E-state index contributed by atoms with van der Waals surface area (Å²) in [6, 6.07) is 19.4. The van der Waals surface area contributed by atoms with E-state index in [4.69, 9.17) is 9.72 Å². The van der Waals surface area contributed by atoms with Crippen LogP contribution in [0.4, 0.5) is 11.4 Å². The number of aryl methyl sites for hydroxylation is 1. The normalized spacial score (nSPS) is 10.9. The Bertz CT molecular complexity index is 1260. The van der Waals surface area contributed by atoms with Crippen molar-refractivity contribution in [2.75, 3.05) is 30.4 Å². The van der Waals surface area contributed by atoms with Crippen LogP contribution in [0.3, 0.4) is 0 Å². The molecule has 0 aliphatic rings. The Morgan fingerprint density at radius 1 is 1.06 bits per heavy atom. The van der Waals surface area contributed by atoms with E-state index in [-0.39, 0.29) is 5.91 Å². The van der Waals surface area contributed by atoms with E-state index in [1.165, 1.54) is 0 Å². The Labute approximate surface area is 188 Å². The van der Waals surface area contributed by atoms with Crippen LogP contribution in [0.1, 0.15) is 29.8 Å². The second-order valence-corrected chi connectivity index (χ2v) is 7.61. The lowest BCUT2D eigenvalue weighted by atomic mass is 10.1. The third-order valence-electron chi connectivity index (χ3n) is 5.70. The number of carbonyl (C=O) groups is 1. The molecule has 0 saturated carbocycles. The fourth-order valence-corrected chi connectivity index (χ4v) is 3.96. The summed E-state index contributed by atoms with van der Waals surface area (Å²) in [4.78, 5) is 23.5. The standard InChI is InChI=1S/C26H28N4O2/c1-5-30(6-2)23-16-21-20(27-25(28-21)19-13-9-10-14-24(19)32-4)15-22(23)29-26(31)18-12-8-7-11-17(18)3/h7-16H,5-6H2,1-4H3,(H,27,28)(H,29,31). The Balaban J connectivity index is 1.81. The number of fused-ring (bicyclic) bond motifs is 1. The summed E-state index contributed by atoms with van der Waals surface area (Å²) in [5.41, 5.74) is 5.88. The molecule has 0 fully saturated rings. The lowest BCUT2D eigenvalue weighted by Crippen LogP contribution is -2.24. The lowest BCUT2D eigenvalue weighted by molar-refractivity contribution is 0.102. The molecule has 164 valence electrons. The number of rotatable bonds is 7. The van der Waals surface area contributed by atoms with Crippen LogP contribution in [0, 0.1) is 6.92 Å². The van der Waals surface area contributed by atoms with Crippen LogP contribution in [0.2, 0.25) is 0 Å². The van der Waals surface area contributed by atoms with Crippen LogP contribution in [0.15, 0.2) is 60.7 Å². The number of carbonyl (C=O) groups excluding carboxylic acids is 1. The fourth-order valence-electron chi connectivity index (χ4n) is 3.96. The van der Waals surface area contributed by atoms with Crippen molar-refractivity contribution < 1.29 is 9.53 Å². The van der Waals surface area contributed by atoms with Crippen LogP contribution in [-0.2, 0) is 0 Å². The Kier molecular flexibility index (Phi) is 6.12. The summed E-state index contributed by atoms with van der Waals surface area (Å²) in [6.07, 6.45) is 0. The number of H-pyrrole nitrogens is 1. The third-order valence-corrected chi connectivity index (χ3v) is 5.70. The van der Waals surface area contributed by atoms with Crippen molar-refractivity contribution in [1.29, 1.82) is 0 Å². The van der Waals surface area contributed by atoms with Gasteiger partial charge in [0.2, 0.25) is 0 Å². The second-order valence-electron chi connectivity index (χ2n) is 7.61. The first kappa shape index (κ1) is 21.4. The number of benzene rings is 3. The van der Waals surface area contributed by atoms with Gasteiger partial charge in [0, 0.05) is 18.7 Å². The first-order valence-corrected chi connectivity index (χ1v) is 10.8. The van der Waals surface area contributed by atoms with E-state index in [1.54, 1.807) is 7.11 Å². The molecule has 2 N–H and O–H groups in total. The number of nitrogens with one attached hydrogen (secondary N) is 2. The molecule has 0 unspecified atom stereocenters. The van der Waals surface area contributed by atoms with Gasteiger partial charge < -0.3 is 19.9 Å². The van der Waals surface area contributed by atoms with E-state index in [0.29, 0.717) is 5.56 Å². The van der Waals surface area contributed by atoms with Gasteiger partial charge >= 0.3 is 0 Å². The minimum Gasteiger partial charge on any atom is -0.496 e. The summed E-state index contributed by atoms with van der Waals surface area (Å²) in [6.45, 7) is 7.78. The molecule has 0 aliphatic carbocycles. The second kappa shape index (κ2) is 9.14. The molecule has 0 radical (unpaired) electrons. The third kappa shape index (κ3) is 4.04. The smallest absolute Gasteiger partial charge is 0.255 e. The SMILES string of the molecule is CCN(CC)c1cc2nc(-c3ccccc3OC)[nH]c2cc1NC(=O)c1ccccc1C. The number of aromatic amines is 1. The molecule has 3 aromatic carbocycles. The quantitative estimate of drug-likeness (QED) is 0.399. The van der Waals surface area contributed by atoms with Crippen molar-refractivity contribution in [1.82, 2.24) is 9.97 Å². The van der Waals surface area contributed by atoms with E-state index in [9.17, 15) is 4.79 Å². The molecule has 0 aliphatic heterocycles. The first-order valence-electron chi connectivity index (χ1n) is 10.8. The van der Waals surface area contributed by atoms with Crippen molar-refractivity contribution in [2.24, 2.45) is 0 Å². The maximum absolute atomic E-state index is 13.1. The predicted molar refractivity (Wildman–Crippen MR) is 131 cm³/mol. The number of imidazole rings is 1. The minimum atomic E-state index is -0.125. The molecular formula is C26H28N4O2. The average Bonchev–Trinajstić information content (AvgIpc) is 3.23. The number of hydrogen-bond acceptors (Lipinski definition) is 4. The summed E-state index contributed by atoms with van der Waals surface area (Å²) in [5, 5.41) is 3.13. The molecule has 4 rings (SSSR count). The van der Waals surface area contributed by atoms with Crippen molar-refractivity contribution in [2.45, 2.75) is 20.8 Å². The Morgan fingerprint density at radius 2 is 1.78 bits per heavy atom. The zero-order chi connectivity index (χ0) is 22.7. The van der Waals surface area contributed by atoms with Crippen LogP contribution in [0.5, 0.6) is 5.75 Å². The number of para-hydroxylation sites is 1. The Hall–Kier alpha value is -3.80. The number of anilines is 2. The summed E-state index contributed by atoms with van der Waals surface area (Å²) in [7, 11) is 1.65. The zero-order valence-electron chi connectivity index (χ0n) is 18.9. The number of methoxy groups -OCH3 is 1. The van der Waals surface area contributed by atoms with Crippen molar-refractivity contribution in [3.05, 3.63) is 71.8 Å². The van der Waals surface area contributed by atoms with Gasteiger partial charge in [0.1, 0.15) is 11.6 Å². The molecule has 4 aromatic rings. The van der Waals surface area contributed by atoms with Gasteiger partial charge in [-0.3, -0.25) is 4.79 Å². The van der Waals surface area contributed by atoms with Crippen LogP contribution in [-0.4, -0.2) is 36.1 Å². The van der Waals surface area contributed by atoms with Gasteiger partial charge in [0.15, 0.2) is 0 Å². The maximum atomic E-state index is 13.1. The summed E-state index contributed by atoms with van der Waals surface area (Å²) in [5.74, 6) is 1.36. The number of nitrogens with zero attached hydrogens (tertiary/aromatic N) is 2. The number of amides is 1. The summed E-state index contributed by atoms with van der Waals surface area (Å²) >= 11 is 0. The van der Waals surface area contributed by atoms with Gasteiger partial charge in [0.05, 0.1) is 35.1 Å². The van der Waals surface area contributed by atoms with E-state index in [1.807, 2.05) is 67.6 Å². The molecule has 1 amide bonds. The number of aromatic nitrogens is 2. The van der Waals surface area contributed by atoms with Gasteiger partial charge in [-0.25, -0.2) is 4.98 Å². The molecule has 1 heterocycles. The van der Waals surface area contributed by atoms with E-state index < -0.39 is 0 Å². The van der Waals surface area contributed by atoms with Gasteiger partial charge in [-0.1, -0.05) is 30.3 Å². The van der Waals surface area contributed by atoms with Crippen molar-refractivity contribution in [3.8, 4) is 17.1 Å². The highest BCUT2D eigenvalue weighted by Gasteiger charge is 2.18. The molecule has 0 bridgehead atoms. The van der Waals surface area contributed by atoms with Crippen molar-refractivity contribution >= 4 is 28.3 Å². The van der Waals surface area contributed by atoms with Gasteiger partial charge in [0.25, 0.3) is 5.91 Å². The van der Waals surface area contributed by atoms with Crippen LogP contribution < -0.4 is 15.0 Å². The molecule has 0 atom stereocenters. The van der Waals surface area contributed by atoms with Gasteiger partial charge in [-0.15, -0.1) is 0 Å². The van der Waals surface area contributed by atoms with Crippen LogP contribution >= 0.6 is 0 Å². The number of ether oxygens (including phenoxy) is 1. The highest BCUT2D eigenvalue weighted by atomic mass is 16.5. The first-order chi connectivity index (χ1) is 15.5. The highest BCUT2D eigenvalue weighted by molar-refractivity contribution is 6.08. The molecule has 1 aromatic heterocycles. The number of hydrogen-bond donors (Lipinski definition) is 2. The largest absolute Gasteiger partial charge is 0.496 e. The molecule has 32 heavy (non-hydrogen) atoms. The topological polar surface area (TPSA) is 70.2 Å². The van der Waals surface area contributed by atoms with Crippen LogP contribution in [0.25, 0.3) is 22.4 Å². The molecule has 6 heteroatoms. The predicted octanol–water partition coefficient (Wildman–Crippen LogP) is 5.65. The molecule has 0 spiro atoms. The fraction of sp³-hybridized carbons (Fsp3) is 0.231. The Morgan fingerprint density at radius 3 is 2.50 bits per heavy atom. The van der Waals surface area contributed by atoms with Crippen molar-refractivity contribution in [3.63, 3.8) is 0 Å². The molecule has 0 saturated heterocycles. The summed E-state index contributed by atoms with van der Waals surface area (Å²) < 4.78 is 5.50. The zero-order valence-corrected chi connectivity index (χ0v) is 18.9. The maximum Gasteiger partial charge on any atom is 0.255 e. The average molecular weight is 429 g/mol. The van der Waals surface area contributed by atoms with E-state index in [2.05, 4.69) is 29.0 Å². The van der Waals surface area contributed by atoms with Gasteiger partial charge in [-0.2, -0.15) is 0 Å².